The molecule has 0 atom stereocenters. The lowest BCUT2D eigenvalue weighted by Gasteiger charge is -2.42. The Labute approximate surface area is 225 Å². The SMILES string of the molecule is CCOC(C)(C)CCCCCCCCCCC(F)(F)C(F)(F)C(F)(F)C(F)(F)C(F)(F)C(F)(F)C(F)(F)C(F)(F)F. The van der Waals surface area contributed by atoms with Crippen molar-refractivity contribution in [2.45, 2.75) is 138 Å². The van der Waals surface area contributed by atoms with E-state index in [0.717, 1.165) is 19.3 Å². The molecule has 0 saturated carbocycles. The zero-order valence-electron chi connectivity index (χ0n) is 22.1. The van der Waals surface area contributed by atoms with Crippen LogP contribution in [0.25, 0.3) is 0 Å². The van der Waals surface area contributed by atoms with Crippen LogP contribution >= 0.6 is 0 Å². The van der Waals surface area contributed by atoms with Crippen molar-refractivity contribution < 1.29 is 79.4 Å². The van der Waals surface area contributed by atoms with Gasteiger partial charge in [0, 0.05) is 13.0 Å². The summed E-state index contributed by atoms with van der Waals surface area (Å²) in [5.41, 5.74) is -0.340. The van der Waals surface area contributed by atoms with Crippen LogP contribution in [-0.4, -0.2) is 59.8 Å². The van der Waals surface area contributed by atoms with Crippen LogP contribution in [0.5, 0.6) is 0 Å². The monoisotopic (exact) mass is 646 g/mol. The molecule has 0 unspecified atom stereocenters. The molecule has 0 aliphatic carbocycles. The van der Waals surface area contributed by atoms with Crippen LogP contribution in [0.2, 0.25) is 0 Å². The molecule has 0 aromatic carbocycles. The van der Waals surface area contributed by atoms with Gasteiger partial charge in [0.05, 0.1) is 5.60 Å². The molecule has 0 spiro atoms. The molecule has 0 N–H and O–H groups in total. The van der Waals surface area contributed by atoms with Crippen LogP contribution in [-0.2, 0) is 4.74 Å². The van der Waals surface area contributed by atoms with Gasteiger partial charge in [-0.2, -0.15) is 74.6 Å². The van der Waals surface area contributed by atoms with Crippen LogP contribution in [0.3, 0.4) is 0 Å². The molecule has 0 amide bonds. The summed E-state index contributed by atoms with van der Waals surface area (Å²) in [6.07, 6.45) is -7.63. The fourth-order valence-corrected chi connectivity index (χ4v) is 3.77. The predicted molar refractivity (Wildman–Crippen MR) is 113 cm³/mol. The van der Waals surface area contributed by atoms with E-state index in [-0.39, 0.29) is 18.4 Å². The summed E-state index contributed by atoms with van der Waals surface area (Å²) in [7, 11) is 0. The predicted octanol–water partition coefficient (Wildman–Crippen LogP) is 10.7. The van der Waals surface area contributed by atoms with Gasteiger partial charge in [-0.1, -0.05) is 44.9 Å². The number of rotatable bonds is 19. The molecular weight excluding hydrogens is 615 g/mol. The zero-order valence-corrected chi connectivity index (χ0v) is 22.1. The van der Waals surface area contributed by atoms with E-state index in [1.165, 1.54) is 0 Å². The normalized spacial score (nSPS) is 15.5. The Bertz CT molecular complexity index is 802. The number of unbranched alkanes of at least 4 members (excludes halogenated alkanes) is 7. The molecule has 0 saturated heterocycles. The summed E-state index contributed by atoms with van der Waals surface area (Å²) in [5.74, 6) is -55.8. The summed E-state index contributed by atoms with van der Waals surface area (Å²) >= 11 is 0. The maximum Gasteiger partial charge on any atom is 0.460 e. The molecule has 248 valence electrons. The van der Waals surface area contributed by atoms with Gasteiger partial charge in [-0.3, -0.25) is 0 Å². The van der Waals surface area contributed by atoms with Gasteiger partial charge in [0.2, 0.25) is 0 Å². The van der Waals surface area contributed by atoms with Gasteiger partial charge in [-0.15, -0.1) is 0 Å². The lowest BCUT2D eigenvalue weighted by Crippen LogP contribution is -2.74. The van der Waals surface area contributed by atoms with Crippen molar-refractivity contribution in [1.29, 1.82) is 0 Å². The highest BCUT2D eigenvalue weighted by Gasteiger charge is 2.95. The number of halogens is 17. The topological polar surface area (TPSA) is 9.23 Å². The van der Waals surface area contributed by atoms with Crippen LogP contribution in [0.15, 0.2) is 0 Å². The lowest BCUT2D eigenvalue weighted by atomic mass is 9.87. The first-order chi connectivity index (χ1) is 18.0. The zero-order chi connectivity index (χ0) is 33.0. The van der Waals surface area contributed by atoms with E-state index in [1.54, 1.807) is 0 Å². The molecule has 0 bridgehead atoms. The number of ether oxygens (including phenoxy) is 1. The maximum absolute atomic E-state index is 13.9. The van der Waals surface area contributed by atoms with E-state index in [9.17, 15) is 74.6 Å². The Balaban J connectivity index is 5.27. The van der Waals surface area contributed by atoms with Gasteiger partial charge in [0.15, 0.2) is 0 Å². The van der Waals surface area contributed by atoms with E-state index in [4.69, 9.17) is 4.74 Å². The highest BCUT2D eigenvalue weighted by molar-refractivity contribution is 5.15. The van der Waals surface area contributed by atoms with E-state index in [1.807, 2.05) is 20.8 Å². The van der Waals surface area contributed by atoms with Crippen molar-refractivity contribution in [1.82, 2.24) is 0 Å². The summed E-state index contributed by atoms with van der Waals surface area (Å²) < 4.78 is 231. The smallest absolute Gasteiger partial charge is 0.376 e. The summed E-state index contributed by atoms with van der Waals surface area (Å²) in [4.78, 5) is 0. The van der Waals surface area contributed by atoms with E-state index in [0.29, 0.717) is 25.9 Å². The third-order valence-electron chi connectivity index (χ3n) is 6.34. The van der Waals surface area contributed by atoms with E-state index in [2.05, 4.69) is 0 Å². The first-order valence-corrected chi connectivity index (χ1v) is 12.4. The molecule has 0 rings (SSSR count). The maximum atomic E-state index is 13.9. The first kappa shape index (κ1) is 39.8. The van der Waals surface area contributed by atoms with Gasteiger partial charge in [0.25, 0.3) is 0 Å². The molecule has 0 radical (unpaired) electrons. The molecule has 18 heteroatoms. The summed E-state index contributed by atoms with van der Waals surface area (Å²) in [6.45, 7) is 6.12. The Morgan fingerprint density at radius 2 is 0.683 bits per heavy atom. The van der Waals surface area contributed by atoms with Crippen molar-refractivity contribution >= 4 is 0 Å². The fraction of sp³-hybridized carbons (Fsp3) is 1.00. The molecule has 0 aliphatic rings. The lowest BCUT2D eigenvalue weighted by molar-refractivity contribution is -0.461. The highest BCUT2D eigenvalue weighted by atomic mass is 19.4. The average molecular weight is 646 g/mol. The Morgan fingerprint density at radius 3 is 1.02 bits per heavy atom. The van der Waals surface area contributed by atoms with Crippen molar-refractivity contribution in [2.24, 2.45) is 0 Å². The minimum Gasteiger partial charge on any atom is -0.376 e. The van der Waals surface area contributed by atoms with Gasteiger partial charge in [0.1, 0.15) is 0 Å². The summed E-state index contributed by atoms with van der Waals surface area (Å²) in [6, 6.07) is 0. The van der Waals surface area contributed by atoms with Crippen molar-refractivity contribution in [3.05, 3.63) is 0 Å². The van der Waals surface area contributed by atoms with Gasteiger partial charge >= 0.3 is 47.6 Å². The van der Waals surface area contributed by atoms with Crippen LogP contribution in [0.1, 0.15) is 85.0 Å². The van der Waals surface area contributed by atoms with Crippen LogP contribution in [0.4, 0.5) is 74.6 Å². The Hall–Kier alpha value is -1.23. The van der Waals surface area contributed by atoms with E-state index < -0.39 is 60.5 Å². The van der Waals surface area contributed by atoms with E-state index >= 15 is 0 Å². The van der Waals surface area contributed by atoms with Crippen LogP contribution < -0.4 is 0 Å². The molecule has 0 heterocycles. The Morgan fingerprint density at radius 1 is 0.390 bits per heavy atom. The first-order valence-electron chi connectivity index (χ1n) is 12.4. The molecule has 1 nitrogen and oxygen atoms in total. The second kappa shape index (κ2) is 13.2. The summed E-state index contributed by atoms with van der Waals surface area (Å²) in [5, 5.41) is 0. The highest BCUT2D eigenvalue weighted by Crippen LogP contribution is 2.64. The molecule has 0 fully saturated rings. The van der Waals surface area contributed by atoms with Crippen LogP contribution in [0, 0.1) is 0 Å². The molecule has 0 aliphatic heterocycles. The van der Waals surface area contributed by atoms with Gasteiger partial charge < -0.3 is 4.74 Å². The number of alkyl halides is 17. The largest absolute Gasteiger partial charge is 0.460 e. The number of hydrogen-bond acceptors (Lipinski definition) is 1. The van der Waals surface area contributed by atoms with Crippen molar-refractivity contribution in [3.63, 3.8) is 0 Å². The third kappa shape index (κ3) is 8.03. The molecule has 41 heavy (non-hydrogen) atoms. The van der Waals surface area contributed by atoms with Crippen molar-refractivity contribution in [3.8, 4) is 0 Å². The van der Waals surface area contributed by atoms with Gasteiger partial charge in [-0.05, 0) is 33.6 Å². The second-order valence-corrected chi connectivity index (χ2v) is 10.2. The third-order valence-corrected chi connectivity index (χ3v) is 6.34. The quantitative estimate of drug-likeness (QED) is 0.100. The Kier molecular flexibility index (Phi) is 12.8. The fourth-order valence-electron chi connectivity index (χ4n) is 3.77. The average Bonchev–Trinajstić information content (AvgIpc) is 2.78. The second-order valence-electron chi connectivity index (χ2n) is 10.2. The minimum atomic E-state index is -8.58. The molecule has 0 aromatic rings. The van der Waals surface area contributed by atoms with Gasteiger partial charge in [-0.25, -0.2) is 0 Å². The molecule has 0 aromatic heterocycles. The number of hydrogen-bond donors (Lipinski definition) is 0. The van der Waals surface area contributed by atoms with Crippen molar-refractivity contribution in [2.75, 3.05) is 6.61 Å². The molecular formula is C23H31F17O. The minimum absolute atomic E-state index is 0.0649. The standard InChI is InChI=1S/C23H31F17O/c1-4-41-15(2,3)13-11-9-7-5-6-8-10-12-14-16(24,25)17(26,27)18(28,29)19(30,31)20(32,33)21(34,35)22(36,37)23(38,39)40/h4-14H2,1-3H3.